The van der Waals surface area contributed by atoms with Crippen LogP contribution >= 0.6 is 0 Å². The van der Waals surface area contributed by atoms with Crippen LogP contribution in [0.25, 0.3) is 0 Å². The first-order valence-corrected chi connectivity index (χ1v) is 8.79. The van der Waals surface area contributed by atoms with Crippen molar-refractivity contribution in [1.29, 1.82) is 0 Å². The fourth-order valence-electron chi connectivity index (χ4n) is 3.15. The zero-order valence-electron chi connectivity index (χ0n) is 13.8. The zero-order valence-corrected chi connectivity index (χ0v) is 13.8. The highest BCUT2D eigenvalue weighted by Gasteiger charge is 2.35. The summed E-state index contributed by atoms with van der Waals surface area (Å²) in [4.78, 5) is 11.7. The lowest BCUT2D eigenvalue weighted by Crippen LogP contribution is -2.24. The summed E-state index contributed by atoms with van der Waals surface area (Å²) in [5.41, 5.74) is 0. The number of ether oxygens (including phenoxy) is 4. The van der Waals surface area contributed by atoms with Crippen LogP contribution in [0.2, 0.25) is 0 Å². The van der Waals surface area contributed by atoms with Crippen LogP contribution < -0.4 is 0 Å². The van der Waals surface area contributed by atoms with E-state index in [2.05, 4.69) is 0 Å². The fourth-order valence-corrected chi connectivity index (χ4v) is 3.15. The Balaban J connectivity index is 1.81. The Bertz CT molecular complexity index is 320. The predicted molar refractivity (Wildman–Crippen MR) is 82.3 cm³/mol. The van der Waals surface area contributed by atoms with Crippen LogP contribution in [0, 0.1) is 0 Å². The minimum atomic E-state index is -0.576. The van der Waals surface area contributed by atoms with Gasteiger partial charge in [-0.2, -0.15) is 0 Å². The van der Waals surface area contributed by atoms with E-state index in [-0.39, 0.29) is 18.2 Å². The highest BCUT2D eigenvalue weighted by molar-refractivity contribution is 5.69. The van der Waals surface area contributed by atoms with Crippen molar-refractivity contribution in [2.75, 3.05) is 13.7 Å². The van der Waals surface area contributed by atoms with Crippen LogP contribution in [0.15, 0.2) is 0 Å². The third-order valence-corrected chi connectivity index (χ3v) is 4.46. The zero-order chi connectivity index (χ0) is 15.6. The van der Waals surface area contributed by atoms with Gasteiger partial charge in [-0.25, -0.2) is 0 Å². The Hall–Kier alpha value is -0.650. The van der Waals surface area contributed by atoms with Crippen LogP contribution in [0.5, 0.6) is 0 Å². The Labute approximate surface area is 133 Å². The van der Waals surface area contributed by atoms with E-state index in [0.29, 0.717) is 19.4 Å². The first-order valence-electron chi connectivity index (χ1n) is 8.79. The van der Waals surface area contributed by atoms with Crippen molar-refractivity contribution in [3.8, 4) is 0 Å². The first kappa shape index (κ1) is 17.7. The SMILES string of the molecule is COC1O[C@H]2CCOC(=O)CCCCCCCCCC[C@H]2O1. The van der Waals surface area contributed by atoms with Crippen molar-refractivity contribution < 1.29 is 23.7 Å². The summed E-state index contributed by atoms with van der Waals surface area (Å²) in [5, 5.41) is 0. The minimum Gasteiger partial charge on any atom is -0.466 e. The molecule has 2 rings (SSSR count). The van der Waals surface area contributed by atoms with Gasteiger partial charge in [0.15, 0.2) is 0 Å². The Morgan fingerprint density at radius 3 is 2.14 bits per heavy atom. The summed E-state index contributed by atoms with van der Waals surface area (Å²) in [7, 11) is 1.58. The number of hydrogen-bond donors (Lipinski definition) is 0. The first-order chi connectivity index (χ1) is 10.8. The summed E-state index contributed by atoms with van der Waals surface area (Å²) < 4.78 is 21.9. The van der Waals surface area contributed by atoms with Crippen LogP contribution in [-0.2, 0) is 23.7 Å². The van der Waals surface area contributed by atoms with Gasteiger partial charge in [0.05, 0.1) is 18.8 Å². The molecule has 0 aliphatic carbocycles. The molecule has 0 bridgehead atoms. The van der Waals surface area contributed by atoms with Crippen LogP contribution in [0.3, 0.4) is 0 Å². The molecule has 5 nitrogen and oxygen atoms in total. The van der Waals surface area contributed by atoms with E-state index in [4.69, 9.17) is 18.9 Å². The van der Waals surface area contributed by atoms with Gasteiger partial charge in [0.1, 0.15) is 0 Å². The van der Waals surface area contributed by atoms with Gasteiger partial charge in [-0.3, -0.25) is 4.79 Å². The molecule has 0 spiro atoms. The lowest BCUT2D eigenvalue weighted by molar-refractivity contribution is -0.229. The van der Waals surface area contributed by atoms with Crippen LogP contribution in [0.4, 0.5) is 0 Å². The van der Waals surface area contributed by atoms with Crippen LogP contribution in [0.1, 0.15) is 70.6 Å². The average molecular weight is 314 g/mol. The van der Waals surface area contributed by atoms with Crippen molar-refractivity contribution in [2.24, 2.45) is 0 Å². The van der Waals surface area contributed by atoms with Gasteiger partial charge in [-0.1, -0.05) is 44.9 Å². The topological polar surface area (TPSA) is 54.0 Å². The molecule has 1 unspecified atom stereocenters. The quantitative estimate of drug-likeness (QED) is 0.693. The molecule has 0 aromatic heterocycles. The molecule has 22 heavy (non-hydrogen) atoms. The van der Waals surface area contributed by atoms with E-state index < -0.39 is 6.48 Å². The van der Waals surface area contributed by atoms with Gasteiger partial charge in [-0.05, 0) is 12.8 Å². The molecular formula is C17H30O5. The van der Waals surface area contributed by atoms with Crippen LogP contribution in [-0.4, -0.2) is 38.4 Å². The maximum atomic E-state index is 11.7. The van der Waals surface area contributed by atoms with Gasteiger partial charge in [0.2, 0.25) is 0 Å². The molecule has 3 atom stereocenters. The molecule has 0 N–H and O–H groups in total. The standard InChI is InChI=1S/C17H30O5/c1-19-17-21-14-10-8-6-4-2-3-5-7-9-11-16(18)20-13-12-15(14)22-17/h14-15,17H,2-13H2,1H3/t14-,15+,17?/m1/s1. The van der Waals surface area contributed by atoms with Gasteiger partial charge in [0.25, 0.3) is 6.48 Å². The third kappa shape index (κ3) is 6.23. The van der Waals surface area contributed by atoms with Gasteiger partial charge >= 0.3 is 5.97 Å². The molecular weight excluding hydrogens is 284 g/mol. The summed E-state index contributed by atoms with van der Waals surface area (Å²) in [6.45, 7) is -0.174. The molecule has 0 radical (unpaired) electrons. The average Bonchev–Trinajstić information content (AvgIpc) is 2.90. The number of carbonyl (C=O) groups excluding carboxylic acids is 1. The molecule has 2 fully saturated rings. The maximum absolute atomic E-state index is 11.7. The normalized spacial score (nSPS) is 33.1. The van der Waals surface area contributed by atoms with Crippen molar-refractivity contribution in [2.45, 2.75) is 89.3 Å². The summed E-state index contributed by atoms with van der Waals surface area (Å²) in [6, 6.07) is 0. The number of rotatable bonds is 1. The number of methoxy groups -OCH3 is 1. The van der Waals surface area contributed by atoms with Crippen molar-refractivity contribution >= 4 is 5.97 Å². The van der Waals surface area contributed by atoms with E-state index in [1.54, 1.807) is 7.11 Å². The van der Waals surface area contributed by atoms with E-state index in [1.165, 1.54) is 32.1 Å². The van der Waals surface area contributed by atoms with Crippen molar-refractivity contribution in [3.05, 3.63) is 0 Å². The molecule has 0 aromatic rings. The molecule has 0 amide bonds. The summed E-state index contributed by atoms with van der Waals surface area (Å²) in [6.07, 6.45) is 11.8. The highest BCUT2D eigenvalue weighted by atomic mass is 16.9. The third-order valence-electron chi connectivity index (χ3n) is 4.46. The second-order valence-electron chi connectivity index (χ2n) is 6.25. The van der Waals surface area contributed by atoms with Crippen molar-refractivity contribution in [3.63, 3.8) is 0 Å². The van der Waals surface area contributed by atoms with Crippen molar-refractivity contribution in [1.82, 2.24) is 0 Å². The number of fused-ring (bicyclic) bond motifs is 1. The minimum absolute atomic E-state index is 0.0364. The number of cyclic esters (lactones) is 1. The van der Waals surface area contributed by atoms with E-state index >= 15 is 0 Å². The van der Waals surface area contributed by atoms with Gasteiger partial charge in [0, 0.05) is 20.0 Å². The monoisotopic (exact) mass is 314 g/mol. The van der Waals surface area contributed by atoms with E-state index in [9.17, 15) is 4.79 Å². The molecule has 2 aliphatic rings. The number of esters is 1. The lowest BCUT2D eigenvalue weighted by atomic mass is 10.0. The molecule has 5 heteroatoms. The van der Waals surface area contributed by atoms with E-state index in [0.717, 1.165) is 25.7 Å². The smallest absolute Gasteiger partial charge is 0.305 e. The lowest BCUT2D eigenvalue weighted by Gasteiger charge is -2.16. The fraction of sp³-hybridized carbons (Fsp3) is 0.941. The van der Waals surface area contributed by atoms with Gasteiger partial charge < -0.3 is 18.9 Å². The second kappa shape index (κ2) is 10.2. The van der Waals surface area contributed by atoms with E-state index in [1.807, 2.05) is 0 Å². The molecule has 128 valence electrons. The number of carbonyl (C=O) groups is 1. The summed E-state index contributed by atoms with van der Waals surface area (Å²) in [5.74, 6) is -0.0918. The largest absolute Gasteiger partial charge is 0.466 e. The molecule has 2 heterocycles. The Kier molecular flexibility index (Phi) is 8.20. The Morgan fingerprint density at radius 1 is 0.864 bits per heavy atom. The maximum Gasteiger partial charge on any atom is 0.305 e. The predicted octanol–water partition coefficient (Wildman–Crippen LogP) is 3.55. The van der Waals surface area contributed by atoms with Gasteiger partial charge in [-0.15, -0.1) is 0 Å². The number of hydrogen-bond acceptors (Lipinski definition) is 5. The molecule has 0 aromatic carbocycles. The molecule has 0 saturated carbocycles. The molecule has 2 saturated heterocycles. The highest BCUT2D eigenvalue weighted by Crippen LogP contribution is 2.26. The molecule has 2 aliphatic heterocycles. The second-order valence-corrected chi connectivity index (χ2v) is 6.25. The Morgan fingerprint density at radius 2 is 1.45 bits per heavy atom. The summed E-state index contributed by atoms with van der Waals surface area (Å²) >= 11 is 0.